The molecule has 0 aliphatic carbocycles. The van der Waals surface area contributed by atoms with Crippen LogP contribution in [0.25, 0.3) is 16.3 Å². The lowest BCUT2D eigenvalue weighted by Crippen LogP contribution is -2.36. The number of likely N-dealkylation sites (N-methyl/N-ethyl adjacent to an activating group) is 1. The Balaban J connectivity index is 1.77. The zero-order valence-electron chi connectivity index (χ0n) is 15.9. The molecule has 1 amide bonds. The molecule has 0 fully saturated rings. The first-order valence-electron chi connectivity index (χ1n) is 9.20. The summed E-state index contributed by atoms with van der Waals surface area (Å²) in [5, 5.41) is 0.712. The van der Waals surface area contributed by atoms with Gasteiger partial charge in [-0.3, -0.25) is 4.79 Å². The van der Waals surface area contributed by atoms with Gasteiger partial charge in [-0.1, -0.05) is 42.5 Å². The van der Waals surface area contributed by atoms with Gasteiger partial charge in [0.25, 0.3) is 5.91 Å². The van der Waals surface area contributed by atoms with Crippen molar-refractivity contribution >= 4 is 39.5 Å². The van der Waals surface area contributed by atoms with E-state index in [-0.39, 0.29) is 5.91 Å². The van der Waals surface area contributed by atoms with Crippen molar-refractivity contribution < 1.29 is 14.3 Å². The molecule has 1 heterocycles. The number of ether oxygens (including phenoxy) is 1. The number of para-hydroxylation sites is 1. The van der Waals surface area contributed by atoms with Gasteiger partial charge >= 0.3 is 5.97 Å². The van der Waals surface area contributed by atoms with Crippen molar-refractivity contribution in [1.29, 1.82) is 0 Å². The number of amides is 1. The fourth-order valence-corrected chi connectivity index (χ4v) is 3.72. The third-order valence-electron chi connectivity index (χ3n) is 4.31. The standard InChI is InChI=1S/C22H22N2O3S/c1-3-24(4-2)22(26)21(16-10-6-5-7-11-16)27-20(25)15-14-19-23-17-12-8-9-13-18(17)28-19/h5-15,21H,3-4H2,1-2H3/b15-14+/t21-/m0/s1. The molecule has 0 bridgehead atoms. The number of hydrogen-bond acceptors (Lipinski definition) is 5. The Bertz CT molecular complexity index is 945. The summed E-state index contributed by atoms with van der Waals surface area (Å²) in [7, 11) is 0. The molecule has 1 atom stereocenters. The molecule has 0 unspecified atom stereocenters. The molecule has 5 nitrogen and oxygen atoms in total. The first kappa shape index (κ1) is 19.8. The molecule has 2 aromatic carbocycles. The molecule has 0 aliphatic heterocycles. The van der Waals surface area contributed by atoms with Gasteiger partial charge in [0, 0.05) is 24.7 Å². The predicted molar refractivity (Wildman–Crippen MR) is 112 cm³/mol. The maximum Gasteiger partial charge on any atom is 0.331 e. The number of hydrogen-bond donors (Lipinski definition) is 0. The minimum atomic E-state index is -0.964. The predicted octanol–water partition coefficient (Wildman–Crippen LogP) is 4.46. The summed E-state index contributed by atoms with van der Waals surface area (Å²) >= 11 is 1.49. The Morgan fingerprint density at radius 2 is 1.75 bits per heavy atom. The van der Waals surface area contributed by atoms with Crippen LogP contribution in [-0.4, -0.2) is 34.8 Å². The van der Waals surface area contributed by atoms with Crippen molar-refractivity contribution in [2.45, 2.75) is 20.0 Å². The maximum atomic E-state index is 12.8. The highest BCUT2D eigenvalue weighted by atomic mass is 32.1. The average molecular weight is 394 g/mol. The van der Waals surface area contributed by atoms with Gasteiger partial charge in [-0.2, -0.15) is 0 Å². The topological polar surface area (TPSA) is 59.5 Å². The third kappa shape index (κ3) is 4.64. The summed E-state index contributed by atoms with van der Waals surface area (Å²) in [6.45, 7) is 4.91. The second-order valence-electron chi connectivity index (χ2n) is 6.09. The summed E-state index contributed by atoms with van der Waals surface area (Å²) in [6.07, 6.45) is 1.98. The van der Waals surface area contributed by atoms with Gasteiger partial charge in [0.15, 0.2) is 0 Å². The van der Waals surface area contributed by atoms with Crippen molar-refractivity contribution in [2.24, 2.45) is 0 Å². The smallest absolute Gasteiger partial charge is 0.331 e. The molecule has 6 heteroatoms. The molecule has 0 spiro atoms. The van der Waals surface area contributed by atoms with E-state index in [1.54, 1.807) is 23.1 Å². The largest absolute Gasteiger partial charge is 0.444 e. The normalized spacial score (nSPS) is 12.2. The van der Waals surface area contributed by atoms with Crippen LogP contribution in [0.5, 0.6) is 0 Å². The van der Waals surface area contributed by atoms with Gasteiger partial charge in [0.2, 0.25) is 6.10 Å². The summed E-state index contributed by atoms with van der Waals surface area (Å²) < 4.78 is 6.59. The Morgan fingerprint density at radius 1 is 1.07 bits per heavy atom. The molecule has 0 aliphatic rings. The van der Waals surface area contributed by atoms with Crippen LogP contribution in [0.1, 0.15) is 30.5 Å². The van der Waals surface area contributed by atoms with Crippen LogP contribution >= 0.6 is 11.3 Å². The highest BCUT2D eigenvalue weighted by molar-refractivity contribution is 7.19. The second kappa shape index (κ2) is 9.28. The van der Waals surface area contributed by atoms with Crippen molar-refractivity contribution in [3.05, 3.63) is 71.2 Å². The number of aromatic nitrogens is 1. The van der Waals surface area contributed by atoms with Crippen LogP contribution in [0.3, 0.4) is 0 Å². The molecule has 3 rings (SSSR count). The zero-order chi connectivity index (χ0) is 19.9. The number of carbonyl (C=O) groups excluding carboxylic acids is 2. The second-order valence-corrected chi connectivity index (χ2v) is 7.15. The molecule has 0 saturated heterocycles. The SMILES string of the molecule is CCN(CC)C(=O)[C@@H](OC(=O)/C=C/c1nc2ccccc2s1)c1ccccc1. The first-order chi connectivity index (χ1) is 13.6. The lowest BCUT2D eigenvalue weighted by Gasteiger charge is -2.25. The summed E-state index contributed by atoms with van der Waals surface area (Å²) in [5.74, 6) is -0.799. The van der Waals surface area contributed by atoms with E-state index in [2.05, 4.69) is 4.98 Å². The molecule has 0 saturated carbocycles. The Labute approximate surface area is 168 Å². The van der Waals surface area contributed by atoms with Gasteiger partial charge < -0.3 is 9.64 Å². The average Bonchev–Trinajstić information content (AvgIpc) is 3.15. The monoisotopic (exact) mass is 394 g/mol. The highest BCUT2D eigenvalue weighted by Crippen LogP contribution is 2.23. The van der Waals surface area contributed by atoms with Gasteiger partial charge in [0.1, 0.15) is 5.01 Å². The minimum Gasteiger partial charge on any atom is -0.444 e. The fourth-order valence-electron chi connectivity index (χ4n) is 2.85. The van der Waals surface area contributed by atoms with Gasteiger partial charge in [0.05, 0.1) is 10.2 Å². The maximum absolute atomic E-state index is 12.8. The van der Waals surface area contributed by atoms with Crippen LogP contribution in [0.2, 0.25) is 0 Å². The summed E-state index contributed by atoms with van der Waals surface area (Å²) in [6, 6.07) is 16.9. The van der Waals surface area contributed by atoms with Crippen molar-refractivity contribution in [1.82, 2.24) is 9.88 Å². The molecular formula is C22H22N2O3S. The Hall–Kier alpha value is -2.99. The quantitative estimate of drug-likeness (QED) is 0.438. The van der Waals surface area contributed by atoms with E-state index in [9.17, 15) is 9.59 Å². The summed E-state index contributed by atoms with van der Waals surface area (Å²) in [4.78, 5) is 31.4. The Kier molecular flexibility index (Phi) is 6.55. The molecule has 28 heavy (non-hydrogen) atoms. The number of benzene rings is 2. The molecule has 0 radical (unpaired) electrons. The minimum absolute atomic E-state index is 0.224. The number of rotatable bonds is 7. The molecular weight excluding hydrogens is 372 g/mol. The van der Waals surface area contributed by atoms with Crippen molar-refractivity contribution in [3.8, 4) is 0 Å². The number of carbonyl (C=O) groups is 2. The fraction of sp³-hybridized carbons (Fsp3) is 0.227. The van der Waals surface area contributed by atoms with E-state index in [0.29, 0.717) is 23.7 Å². The van der Waals surface area contributed by atoms with Gasteiger partial charge in [-0.25, -0.2) is 9.78 Å². The molecule has 0 N–H and O–H groups in total. The van der Waals surface area contributed by atoms with Crippen LogP contribution in [0.4, 0.5) is 0 Å². The summed E-state index contributed by atoms with van der Waals surface area (Å²) in [5.41, 5.74) is 1.54. The lowest BCUT2D eigenvalue weighted by atomic mass is 10.1. The van der Waals surface area contributed by atoms with Crippen molar-refractivity contribution in [2.75, 3.05) is 13.1 Å². The number of fused-ring (bicyclic) bond motifs is 1. The van der Waals surface area contributed by atoms with Gasteiger partial charge in [-0.05, 0) is 32.1 Å². The van der Waals surface area contributed by atoms with Crippen molar-refractivity contribution in [3.63, 3.8) is 0 Å². The lowest BCUT2D eigenvalue weighted by molar-refractivity contribution is -0.157. The van der Waals surface area contributed by atoms with E-state index in [4.69, 9.17) is 4.74 Å². The van der Waals surface area contributed by atoms with Crippen LogP contribution in [0, 0.1) is 0 Å². The van der Waals surface area contributed by atoms with E-state index in [1.165, 1.54) is 17.4 Å². The molecule has 3 aromatic rings. The van der Waals surface area contributed by atoms with E-state index < -0.39 is 12.1 Å². The van der Waals surface area contributed by atoms with E-state index >= 15 is 0 Å². The van der Waals surface area contributed by atoms with Gasteiger partial charge in [-0.15, -0.1) is 11.3 Å². The molecule has 144 valence electrons. The Morgan fingerprint density at radius 3 is 2.43 bits per heavy atom. The molecule has 1 aromatic heterocycles. The number of nitrogens with zero attached hydrogens (tertiary/aromatic N) is 2. The zero-order valence-corrected chi connectivity index (χ0v) is 16.7. The highest BCUT2D eigenvalue weighted by Gasteiger charge is 2.27. The third-order valence-corrected chi connectivity index (χ3v) is 5.31. The van der Waals surface area contributed by atoms with E-state index in [1.807, 2.05) is 56.3 Å². The van der Waals surface area contributed by atoms with E-state index in [0.717, 1.165) is 10.2 Å². The van der Waals surface area contributed by atoms with Crippen LogP contribution in [-0.2, 0) is 14.3 Å². The first-order valence-corrected chi connectivity index (χ1v) is 10.0. The number of esters is 1. The van der Waals surface area contributed by atoms with Crippen LogP contribution in [0.15, 0.2) is 60.7 Å². The number of thiazole rings is 1. The van der Waals surface area contributed by atoms with Crippen LogP contribution < -0.4 is 0 Å².